The maximum absolute atomic E-state index is 8.85. The first-order chi connectivity index (χ1) is 5.81. The van der Waals surface area contributed by atoms with E-state index in [4.69, 9.17) is 10.9 Å². The van der Waals surface area contributed by atoms with Crippen LogP contribution in [0.2, 0.25) is 0 Å². The standard InChI is InChI=1S/C9H14N2O/c1-2-8-4-3-7(6-12)5-9(8)11-10/h3-5,11-12H,2,6,10H2,1H3. The Kier molecular flexibility index (Phi) is 3.08. The smallest absolute Gasteiger partial charge is 0.0682 e. The van der Waals surface area contributed by atoms with Gasteiger partial charge in [-0.05, 0) is 23.6 Å². The lowest BCUT2D eigenvalue weighted by Crippen LogP contribution is -2.09. The number of nitrogens with two attached hydrogens (primary N) is 1. The van der Waals surface area contributed by atoms with Crippen LogP contribution >= 0.6 is 0 Å². The second-order valence-corrected chi connectivity index (χ2v) is 2.65. The summed E-state index contributed by atoms with van der Waals surface area (Å²) in [4.78, 5) is 0. The molecule has 1 aromatic carbocycles. The number of hydrogen-bond acceptors (Lipinski definition) is 3. The van der Waals surface area contributed by atoms with Crippen LogP contribution in [0.25, 0.3) is 0 Å². The summed E-state index contributed by atoms with van der Waals surface area (Å²) in [5.41, 5.74) is 5.54. The van der Waals surface area contributed by atoms with E-state index >= 15 is 0 Å². The van der Waals surface area contributed by atoms with Crippen molar-refractivity contribution in [2.24, 2.45) is 5.84 Å². The Bertz CT molecular complexity index is 261. The van der Waals surface area contributed by atoms with Crippen molar-refractivity contribution in [3.63, 3.8) is 0 Å². The van der Waals surface area contributed by atoms with Crippen LogP contribution in [0, 0.1) is 0 Å². The summed E-state index contributed by atoms with van der Waals surface area (Å²) in [5, 5.41) is 8.85. The second-order valence-electron chi connectivity index (χ2n) is 2.65. The maximum Gasteiger partial charge on any atom is 0.0682 e. The fourth-order valence-corrected chi connectivity index (χ4v) is 1.16. The molecule has 0 heterocycles. The molecule has 0 fully saturated rings. The van der Waals surface area contributed by atoms with Crippen LogP contribution in [-0.2, 0) is 13.0 Å². The van der Waals surface area contributed by atoms with Crippen LogP contribution in [0.15, 0.2) is 18.2 Å². The summed E-state index contributed by atoms with van der Waals surface area (Å²) < 4.78 is 0. The number of rotatable bonds is 3. The van der Waals surface area contributed by atoms with E-state index < -0.39 is 0 Å². The molecule has 66 valence electrons. The molecule has 0 radical (unpaired) electrons. The SMILES string of the molecule is CCc1ccc(CO)cc1NN. The van der Waals surface area contributed by atoms with Gasteiger partial charge in [-0.25, -0.2) is 0 Å². The predicted octanol–water partition coefficient (Wildman–Crippen LogP) is 1.03. The zero-order valence-electron chi connectivity index (χ0n) is 7.17. The number of nitrogen functional groups attached to an aromatic ring is 1. The van der Waals surface area contributed by atoms with Gasteiger partial charge in [-0.2, -0.15) is 0 Å². The third kappa shape index (κ3) is 1.75. The average Bonchev–Trinajstić information content (AvgIpc) is 2.16. The van der Waals surface area contributed by atoms with E-state index in [1.807, 2.05) is 18.2 Å². The first kappa shape index (κ1) is 9.03. The maximum atomic E-state index is 8.85. The van der Waals surface area contributed by atoms with Gasteiger partial charge in [0, 0.05) is 0 Å². The Labute approximate surface area is 72.2 Å². The number of aliphatic hydroxyl groups excluding tert-OH is 1. The number of benzene rings is 1. The summed E-state index contributed by atoms with van der Waals surface area (Å²) in [6.07, 6.45) is 0.936. The molecule has 1 aromatic rings. The zero-order chi connectivity index (χ0) is 8.97. The summed E-state index contributed by atoms with van der Waals surface area (Å²) in [7, 11) is 0. The Balaban J connectivity index is 3.02. The molecule has 12 heavy (non-hydrogen) atoms. The van der Waals surface area contributed by atoms with Gasteiger partial charge in [0.05, 0.1) is 12.3 Å². The van der Waals surface area contributed by atoms with Crippen molar-refractivity contribution in [1.29, 1.82) is 0 Å². The molecule has 0 bridgehead atoms. The Hall–Kier alpha value is -1.06. The number of aliphatic hydroxyl groups is 1. The molecule has 0 spiro atoms. The van der Waals surface area contributed by atoms with E-state index in [2.05, 4.69) is 12.3 Å². The molecular weight excluding hydrogens is 152 g/mol. The van der Waals surface area contributed by atoms with Crippen LogP contribution in [0.3, 0.4) is 0 Å². The minimum atomic E-state index is 0.0542. The second kappa shape index (κ2) is 4.09. The van der Waals surface area contributed by atoms with Gasteiger partial charge in [0.25, 0.3) is 0 Å². The number of aryl methyl sites for hydroxylation is 1. The van der Waals surface area contributed by atoms with Gasteiger partial charge < -0.3 is 10.5 Å². The lowest BCUT2D eigenvalue weighted by molar-refractivity contribution is 0.282. The van der Waals surface area contributed by atoms with Gasteiger partial charge in [0.1, 0.15) is 0 Å². The number of hydrogen-bond donors (Lipinski definition) is 3. The minimum Gasteiger partial charge on any atom is -0.392 e. The molecule has 0 saturated heterocycles. The van der Waals surface area contributed by atoms with Gasteiger partial charge in [-0.1, -0.05) is 19.1 Å². The van der Waals surface area contributed by atoms with Crippen LogP contribution < -0.4 is 11.3 Å². The van der Waals surface area contributed by atoms with Gasteiger partial charge in [0.15, 0.2) is 0 Å². The van der Waals surface area contributed by atoms with Crippen molar-refractivity contribution < 1.29 is 5.11 Å². The average molecular weight is 166 g/mol. The minimum absolute atomic E-state index is 0.0542. The third-order valence-corrected chi connectivity index (χ3v) is 1.89. The highest BCUT2D eigenvalue weighted by Gasteiger charge is 1.99. The molecule has 0 atom stereocenters. The highest BCUT2D eigenvalue weighted by Crippen LogP contribution is 2.17. The van der Waals surface area contributed by atoms with Gasteiger partial charge in [0.2, 0.25) is 0 Å². The van der Waals surface area contributed by atoms with E-state index in [0.29, 0.717) is 0 Å². The summed E-state index contributed by atoms with van der Waals surface area (Å²) in [6.45, 7) is 2.12. The van der Waals surface area contributed by atoms with Gasteiger partial charge in [-0.15, -0.1) is 0 Å². The molecule has 3 heteroatoms. The largest absolute Gasteiger partial charge is 0.392 e. The van der Waals surface area contributed by atoms with Crippen molar-refractivity contribution in [2.45, 2.75) is 20.0 Å². The van der Waals surface area contributed by atoms with E-state index in [9.17, 15) is 0 Å². The molecule has 0 aromatic heterocycles. The third-order valence-electron chi connectivity index (χ3n) is 1.89. The van der Waals surface area contributed by atoms with Gasteiger partial charge >= 0.3 is 0 Å². The number of anilines is 1. The van der Waals surface area contributed by atoms with Crippen LogP contribution in [0.4, 0.5) is 5.69 Å². The molecule has 0 saturated carbocycles. The lowest BCUT2D eigenvalue weighted by atomic mass is 10.1. The van der Waals surface area contributed by atoms with Crippen molar-refractivity contribution in [1.82, 2.24) is 0 Å². The summed E-state index contributed by atoms with van der Waals surface area (Å²) >= 11 is 0. The monoisotopic (exact) mass is 166 g/mol. The molecular formula is C9H14N2O. The molecule has 4 N–H and O–H groups in total. The van der Waals surface area contributed by atoms with Gasteiger partial charge in [-0.3, -0.25) is 5.84 Å². The van der Waals surface area contributed by atoms with Crippen LogP contribution in [-0.4, -0.2) is 5.11 Å². The Morgan fingerprint density at radius 2 is 2.25 bits per heavy atom. The molecule has 0 aliphatic heterocycles. The molecule has 0 amide bonds. The molecule has 0 aliphatic carbocycles. The van der Waals surface area contributed by atoms with Crippen molar-refractivity contribution in [3.8, 4) is 0 Å². The molecule has 0 unspecified atom stereocenters. The lowest BCUT2D eigenvalue weighted by Gasteiger charge is -2.07. The van der Waals surface area contributed by atoms with Crippen molar-refractivity contribution >= 4 is 5.69 Å². The van der Waals surface area contributed by atoms with Crippen LogP contribution in [0.1, 0.15) is 18.1 Å². The van der Waals surface area contributed by atoms with E-state index in [1.54, 1.807) is 0 Å². The number of nitrogens with one attached hydrogen (secondary N) is 1. The summed E-state index contributed by atoms with van der Waals surface area (Å²) in [5.74, 6) is 5.32. The highest BCUT2D eigenvalue weighted by molar-refractivity contribution is 5.52. The summed E-state index contributed by atoms with van der Waals surface area (Å²) in [6, 6.07) is 5.74. The fraction of sp³-hybridized carbons (Fsp3) is 0.333. The zero-order valence-corrected chi connectivity index (χ0v) is 7.17. The topological polar surface area (TPSA) is 58.3 Å². The molecule has 0 aliphatic rings. The number of hydrazine groups is 1. The first-order valence-electron chi connectivity index (χ1n) is 4.01. The van der Waals surface area contributed by atoms with Crippen LogP contribution in [0.5, 0.6) is 0 Å². The van der Waals surface area contributed by atoms with E-state index in [-0.39, 0.29) is 6.61 Å². The predicted molar refractivity (Wildman–Crippen MR) is 49.6 cm³/mol. The Morgan fingerprint density at radius 3 is 2.75 bits per heavy atom. The fourth-order valence-electron chi connectivity index (χ4n) is 1.16. The molecule has 1 rings (SSSR count). The normalized spacial score (nSPS) is 9.92. The van der Waals surface area contributed by atoms with Crippen molar-refractivity contribution in [2.75, 3.05) is 5.43 Å². The first-order valence-corrected chi connectivity index (χ1v) is 4.01. The highest BCUT2D eigenvalue weighted by atomic mass is 16.3. The quantitative estimate of drug-likeness (QED) is 0.464. The Morgan fingerprint density at radius 1 is 1.50 bits per heavy atom. The van der Waals surface area contributed by atoms with Crippen molar-refractivity contribution in [3.05, 3.63) is 29.3 Å². The van der Waals surface area contributed by atoms with E-state index in [0.717, 1.165) is 23.2 Å². The van der Waals surface area contributed by atoms with E-state index in [1.165, 1.54) is 0 Å². The molecule has 3 nitrogen and oxygen atoms in total.